The first kappa shape index (κ1) is 12.0. The van der Waals surface area contributed by atoms with Crippen molar-refractivity contribution >= 4 is 29.1 Å². The van der Waals surface area contributed by atoms with E-state index in [1.807, 2.05) is 30.3 Å². The topological polar surface area (TPSA) is 9.23 Å². The van der Waals surface area contributed by atoms with Gasteiger partial charge in [-0.1, -0.05) is 24.3 Å². The van der Waals surface area contributed by atoms with Crippen LogP contribution in [0.5, 0.6) is 5.75 Å². The summed E-state index contributed by atoms with van der Waals surface area (Å²) in [5.74, 6) is 0.991. The molecule has 0 aromatic heterocycles. The van der Waals surface area contributed by atoms with Crippen LogP contribution in [0.25, 0.3) is 6.08 Å². The maximum absolute atomic E-state index is 5.34. The average molecular weight is 214 g/mol. The van der Waals surface area contributed by atoms with Crippen LogP contribution in [-0.2, 0) is 17.1 Å². The number of ether oxygens (including phenoxy) is 1. The van der Waals surface area contributed by atoms with Crippen LogP contribution in [0.1, 0.15) is 5.56 Å². The molecule has 1 aliphatic rings. The summed E-state index contributed by atoms with van der Waals surface area (Å²) in [6, 6.07) is 8.03. The third-order valence-electron chi connectivity index (χ3n) is 1.55. The molecule has 0 saturated heterocycles. The van der Waals surface area contributed by atoms with Crippen LogP contribution in [0.4, 0.5) is 0 Å². The fraction of sp³-hybridized carbons (Fsp3) is 0.111. The molecule has 0 bridgehead atoms. The van der Waals surface area contributed by atoms with Gasteiger partial charge >= 0.3 is 23.1 Å². The van der Waals surface area contributed by atoms with Gasteiger partial charge in [0, 0.05) is 22.6 Å². The third-order valence-corrected chi connectivity index (χ3v) is 1.55. The largest absolute Gasteiger partial charge is 0.489 e. The van der Waals surface area contributed by atoms with E-state index >= 15 is 0 Å². The monoisotopic (exact) mass is 214 g/mol. The van der Waals surface area contributed by atoms with Crippen molar-refractivity contribution in [1.82, 2.24) is 0 Å². The van der Waals surface area contributed by atoms with Crippen molar-refractivity contribution < 1.29 is 21.8 Å². The second-order valence-corrected chi connectivity index (χ2v) is 2.25. The van der Waals surface area contributed by atoms with E-state index in [0.29, 0.717) is 6.61 Å². The van der Waals surface area contributed by atoms with Gasteiger partial charge in [0.25, 0.3) is 0 Å². The van der Waals surface area contributed by atoms with Crippen LogP contribution >= 0.6 is 0 Å². The van der Waals surface area contributed by atoms with E-state index < -0.39 is 0 Å². The predicted molar refractivity (Wildman–Crippen MR) is 49.5 cm³/mol. The van der Waals surface area contributed by atoms with Gasteiger partial charge in [0.05, 0.1) is 0 Å². The number of fused-ring (bicyclic) bond motifs is 1. The van der Waals surface area contributed by atoms with Gasteiger partial charge in [-0.2, -0.15) is 0 Å². The molecule has 0 unspecified atom stereocenters. The molecule has 0 aliphatic carbocycles. The molecule has 12 heavy (non-hydrogen) atoms. The molecule has 1 aromatic carbocycles. The molecule has 0 atom stereocenters. The Morgan fingerprint density at radius 3 is 2.67 bits per heavy atom. The Labute approximate surface area is 98.8 Å². The Hall–Kier alpha value is 0.0457. The Morgan fingerprint density at radius 1 is 1.17 bits per heavy atom. The van der Waals surface area contributed by atoms with Crippen LogP contribution < -0.4 is 4.74 Å². The molecule has 62 valence electrons. The standard InChI is InChI=1S/C9H8O.Fe.Mg.2H/c1-2-6-9-8(4-1)5-3-7-10-9;;;;/h1-6H,7H2;;;;. The quantitative estimate of drug-likeness (QED) is 0.589. The van der Waals surface area contributed by atoms with E-state index in [4.69, 9.17) is 4.74 Å². The number of hydrogen-bond donors (Lipinski definition) is 0. The van der Waals surface area contributed by atoms with Crippen molar-refractivity contribution in [3.8, 4) is 5.75 Å². The molecule has 1 nitrogen and oxygen atoms in total. The number of hydrogen-bond acceptors (Lipinski definition) is 1. The fourth-order valence-corrected chi connectivity index (χ4v) is 1.06. The minimum Gasteiger partial charge on any atom is -0.489 e. The number of benzene rings is 1. The SMILES string of the molecule is C1=Cc2ccccc2OC1.[Fe].[MgH2]. The van der Waals surface area contributed by atoms with E-state index in [1.54, 1.807) is 0 Å². The van der Waals surface area contributed by atoms with Crippen LogP contribution in [0.15, 0.2) is 30.3 Å². The zero-order valence-electron chi connectivity index (χ0n) is 5.93. The second-order valence-electron chi connectivity index (χ2n) is 2.25. The maximum Gasteiger partial charge on any atom is 0.316 e. The van der Waals surface area contributed by atoms with Crippen LogP contribution in [0, 0.1) is 0 Å². The molecule has 1 aromatic rings. The molecule has 1 aliphatic heterocycles. The summed E-state index contributed by atoms with van der Waals surface area (Å²) in [5, 5.41) is 0. The summed E-state index contributed by atoms with van der Waals surface area (Å²) in [6.45, 7) is 0.705. The van der Waals surface area contributed by atoms with E-state index in [0.717, 1.165) is 5.75 Å². The first-order valence-electron chi connectivity index (χ1n) is 3.35. The summed E-state index contributed by atoms with van der Waals surface area (Å²) in [5.41, 5.74) is 1.17. The minimum absolute atomic E-state index is 0. The Morgan fingerprint density at radius 2 is 1.92 bits per heavy atom. The van der Waals surface area contributed by atoms with E-state index in [9.17, 15) is 0 Å². The van der Waals surface area contributed by atoms with Crippen LogP contribution in [0.3, 0.4) is 0 Å². The van der Waals surface area contributed by atoms with Crippen LogP contribution in [-0.4, -0.2) is 29.7 Å². The molecule has 0 amide bonds. The Balaban J connectivity index is 0.000000605. The molecule has 0 radical (unpaired) electrons. The van der Waals surface area contributed by atoms with E-state index in [1.165, 1.54) is 5.56 Å². The molecule has 0 N–H and O–H groups in total. The van der Waals surface area contributed by atoms with Crippen molar-refractivity contribution in [2.24, 2.45) is 0 Å². The zero-order chi connectivity index (χ0) is 6.81. The predicted octanol–water partition coefficient (Wildman–Crippen LogP) is 1.17. The van der Waals surface area contributed by atoms with Gasteiger partial charge in [0.2, 0.25) is 0 Å². The summed E-state index contributed by atoms with van der Waals surface area (Å²) in [6.07, 6.45) is 4.10. The van der Waals surface area contributed by atoms with Gasteiger partial charge in [0.1, 0.15) is 12.4 Å². The molecule has 1 heterocycles. The van der Waals surface area contributed by atoms with Crippen molar-refractivity contribution in [3.63, 3.8) is 0 Å². The molecule has 0 spiro atoms. The molecule has 0 fully saturated rings. The van der Waals surface area contributed by atoms with Gasteiger partial charge < -0.3 is 4.74 Å². The van der Waals surface area contributed by atoms with Crippen molar-refractivity contribution in [2.75, 3.05) is 6.61 Å². The fourth-order valence-electron chi connectivity index (χ4n) is 1.06. The molecule has 0 saturated carbocycles. The second kappa shape index (κ2) is 5.65. The normalized spacial score (nSPS) is 11.7. The number of para-hydroxylation sites is 1. The van der Waals surface area contributed by atoms with E-state index in [2.05, 4.69) is 6.08 Å². The minimum atomic E-state index is 0. The molecule has 2 rings (SSSR count). The summed E-state index contributed by atoms with van der Waals surface area (Å²) in [7, 11) is 0. The Kier molecular flexibility index (Phi) is 5.67. The molecular formula is C9H10FeMgO. The zero-order valence-corrected chi connectivity index (χ0v) is 7.04. The first-order valence-corrected chi connectivity index (χ1v) is 3.35. The van der Waals surface area contributed by atoms with E-state index in [-0.39, 0.29) is 40.1 Å². The Bertz CT molecular complexity index is 273. The third kappa shape index (κ3) is 2.52. The summed E-state index contributed by atoms with van der Waals surface area (Å²) >= 11 is 0. The summed E-state index contributed by atoms with van der Waals surface area (Å²) < 4.78 is 5.34. The molecule has 3 heteroatoms. The van der Waals surface area contributed by atoms with Gasteiger partial charge in [-0.3, -0.25) is 0 Å². The van der Waals surface area contributed by atoms with Crippen molar-refractivity contribution in [1.29, 1.82) is 0 Å². The number of rotatable bonds is 0. The van der Waals surface area contributed by atoms with Crippen molar-refractivity contribution in [2.45, 2.75) is 0 Å². The van der Waals surface area contributed by atoms with Crippen molar-refractivity contribution in [3.05, 3.63) is 35.9 Å². The van der Waals surface area contributed by atoms with Gasteiger partial charge in [0.15, 0.2) is 0 Å². The first-order chi connectivity index (χ1) is 4.97. The summed E-state index contributed by atoms with van der Waals surface area (Å²) in [4.78, 5) is 0. The average Bonchev–Trinajstić information content (AvgIpc) is 2.05. The maximum atomic E-state index is 5.34. The smallest absolute Gasteiger partial charge is 0.316 e. The van der Waals surface area contributed by atoms with Gasteiger partial charge in [-0.05, 0) is 12.1 Å². The van der Waals surface area contributed by atoms with Crippen LogP contribution in [0.2, 0.25) is 0 Å². The van der Waals surface area contributed by atoms with Gasteiger partial charge in [-0.25, -0.2) is 0 Å². The molecular weight excluding hydrogens is 204 g/mol. The van der Waals surface area contributed by atoms with Gasteiger partial charge in [-0.15, -0.1) is 0 Å².